The first-order chi connectivity index (χ1) is 17.7. The zero-order valence-corrected chi connectivity index (χ0v) is 21.0. The van der Waals surface area contributed by atoms with Gasteiger partial charge in [0.05, 0.1) is 28.9 Å². The van der Waals surface area contributed by atoms with Gasteiger partial charge in [0.2, 0.25) is 5.92 Å². The molecule has 1 fully saturated rings. The van der Waals surface area contributed by atoms with Crippen molar-refractivity contribution < 1.29 is 27.2 Å². The van der Waals surface area contributed by atoms with Crippen LogP contribution in [0.3, 0.4) is 0 Å². The van der Waals surface area contributed by atoms with Crippen LogP contribution in [0.2, 0.25) is 0 Å². The number of aromatic nitrogens is 3. The molecule has 1 saturated carbocycles. The quantitative estimate of drug-likeness (QED) is 0.258. The fourth-order valence-electron chi connectivity index (χ4n) is 5.18. The van der Waals surface area contributed by atoms with Gasteiger partial charge in [0.15, 0.2) is 0 Å². The predicted octanol–water partition coefficient (Wildman–Crippen LogP) is 7.12. The van der Waals surface area contributed by atoms with Crippen LogP contribution in [-0.2, 0) is 11.3 Å². The number of aryl methyl sites for hydroxylation is 2. The molecule has 9 heteroatoms. The third kappa shape index (κ3) is 4.86. The molecule has 1 aliphatic carbocycles. The highest BCUT2D eigenvalue weighted by molar-refractivity contribution is 5.96. The van der Waals surface area contributed by atoms with Crippen LogP contribution in [0.4, 0.5) is 13.2 Å². The van der Waals surface area contributed by atoms with Crippen LogP contribution in [0.1, 0.15) is 54.4 Å². The molecular formula is C28H28F3N3O3. The molecule has 0 amide bonds. The van der Waals surface area contributed by atoms with Crippen molar-refractivity contribution in [1.29, 1.82) is 0 Å². The molecule has 0 saturated heterocycles. The number of rotatable bonds is 6. The smallest absolute Gasteiger partial charge is 0.338 e. The lowest BCUT2D eigenvalue weighted by molar-refractivity contribution is -0.0472. The fraction of sp³-hybridized carbons (Fsp3) is 0.393. The van der Waals surface area contributed by atoms with Crippen molar-refractivity contribution in [2.24, 2.45) is 5.92 Å². The lowest BCUT2D eigenvalue weighted by Gasteiger charge is -2.28. The Morgan fingerprint density at radius 1 is 1.19 bits per heavy atom. The van der Waals surface area contributed by atoms with E-state index in [9.17, 15) is 13.6 Å². The highest BCUT2D eigenvalue weighted by atomic mass is 19.3. The number of ether oxygens (including phenoxy) is 1. The van der Waals surface area contributed by atoms with Gasteiger partial charge in [0, 0.05) is 54.0 Å². The first-order valence-electron chi connectivity index (χ1n) is 12.4. The number of nitrogens with zero attached hydrogens (tertiary/aromatic N) is 3. The minimum absolute atomic E-state index is 0.0711. The standard InChI is InChI=1S/C28H28F3N3O3/c1-4-36-27(35)19-5-6-21(23(29)11-19)22-15-34(14-18-7-9-28(30,31)10-8-18)24-12-20(13-32-26(22)24)25-16(2)33-37-17(25)3/h5-6,11-13,15,18H,4,7-10,14H2,1-3H3. The first-order valence-corrected chi connectivity index (χ1v) is 12.4. The number of hydrogen-bond acceptors (Lipinski definition) is 5. The molecular weight excluding hydrogens is 483 g/mol. The van der Waals surface area contributed by atoms with E-state index in [1.54, 1.807) is 19.2 Å². The van der Waals surface area contributed by atoms with E-state index in [-0.39, 0.29) is 30.9 Å². The van der Waals surface area contributed by atoms with E-state index in [1.807, 2.05) is 30.7 Å². The van der Waals surface area contributed by atoms with Crippen LogP contribution >= 0.6 is 0 Å². The molecule has 1 aliphatic rings. The summed E-state index contributed by atoms with van der Waals surface area (Å²) >= 11 is 0. The number of halogens is 3. The van der Waals surface area contributed by atoms with Crippen LogP contribution in [-0.4, -0.2) is 33.2 Å². The number of alkyl halides is 2. The maximum Gasteiger partial charge on any atom is 0.338 e. The average Bonchev–Trinajstić information content (AvgIpc) is 3.39. The average molecular weight is 512 g/mol. The Balaban J connectivity index is 1.59. The van der Waals surface area contributed by atoms with Gasteiger partial charge in [-0.05, 0) is 57.7 Å². The third-order valence-electron chi connectivity index (χ3n) is 7.10. The number of esters is 1. The summed E-state index contributed by atoms with van der Waals surface area (Å²) in [6.45, 7) is 6.07. The van der Waals surface area contributed by atoms with Gasteiger partial charge in [0.1, 0.15) is 11.6 Å². The van der Waals surface area contributed by atoms with Gasteiger partial charge >= 0.3 is 5.97 Å². The molecule has 194 valence electrons. The number of pyridine rings is 1. The summed E-state index contributed by atoms with van der Waals surface area (Å²) in [4.78, 5) is 16.8. The van der Waals surface area contributed by atoms with Crippen LogP contribution in [0.25, 0.3) is 33.3 Å². The van der Waals surface area contributed by atoms with Crippen molar-refractivity contribution in [3.63, 3.8) is 0 Å². The number of hydrogen-bond donors (Lipinski definition) is 0. The highest BCUT2D eigenvalue weighted by Crippen LogP contribution is 2.39. The van der Waals surface area contributed by atoms with Crippen molar-refractivity contribution in [1.82, 2.24) is 14.7 Å². The van der Waals surface area contributed by atoms with E-state index >= 15 is 4.39 Å². The maximum atomic E-state index is 15.3. The SMILES string of the molecule is CCOC(=O)c1ccc(-c2cn(CC3CCC(F)(F)CC3)c3cc(-c4c(C)noc4C)cnc23)c(F)c1. The molecule has 0 spiro atoms. The Hall–Kier alpha value is -3.62. The Labute approximate surface area is 212 Å². The summed E-state index contributed by atoms with van der Waals surface area (Å²) in [5, 5.41) is 4.03. The van der Waals surface area contributed by atoms with Crippen LogP contribution < -0.4 is 0 Å². The summed E-state index contributed by atoms with van der Waals surface area (Å²) < 4.78 is 55.1. The molecule has 37 heavy (non-hydrogen) atoms. The van der Waals surface area contributed by atoms with Gasteiger partial charge in [-0.2, -0.15) is 0 Å². The van der Waals surface area contributed by atoms with Gasteiger partial charge in [-0.3, -0.25) is 4.98 Å². The van der Waals surface area contributed by atoms with Crippen molar-refractivity contribution in [2.75, 3.05) is 6.61 Å². The largest absolute Gasteiger partial charge is 0.462 e. The summed E-state index contributed by atoms with van der Waals surface area (Å²) in [5.41, 5.74) is 4.71. The summed E-state index contributed by atoms with van der Waals surface area (Å²) in [6.07, 6.45) is 4.11. The lowest BCUT2D eigenvalue weighted by atomic mass is 9.87. The van der Waals surface area contributed by atoms with Gasteiger partial charge in [-0.1, -0.05) is 11.2 Å². The summed E-state index contributed by atoms with van der Waals surface area (Å²) in [5.74, 6) is -3.04. The van der Waals surface area contributed by atoms with Gasteiger partial charge in [0.25, 0.3) is 0 Å². The molecule has 3 aromatic heterocycles. The monoisotopic (exact) mass is 511 g/mol. The molecule has 0 N–H and O–H groups in total. The van der Waals surface area contributed by atoms with Crippen molar-refractivity contribution in [3.05, 3.63) is 59.5 Å². The van der Waals surface area contributed by atoms with E-state index in [1.165, 1.54) is 6.07 Å². The summed E-state index contributed by atoms with van der Waals surface area (Å²) in [6, 6.07) is 6.20. The molecule has 6 nitrogen and oxygen atoms in total. The van der Waals surface area contributed by atoms with Gasteiger partial charge in [-0.15, -0.1) is 0 Å². The zero-order chi connectivity index (χ0) is 26.3. The molecule has 3 heterocycles. The molecule has 0 radical (unpaired) electrons. The zero-order valence-electron chi connectivity index (χ0n) is 21.0. The Morgan fingerprint density at radius 2 is 1.95 bits per heavy atom. The topological polar surface area (TPSA) is 70.2 Å². The Morgan fingerprint density at radius 3 is 2.59 bits per heavy atom. The van der Waals surface area contributed by atoms with Crippen LogP contribution in [0.5, 0.6) is 0 Å². The fourth-order valence-corrected chi connectivity index (χ4v) is 5.18. The third-order valence-corrected chi connectivity index (χ3v) is 7.10. The molecule has 4 aromatic rings. The van der Waals surface area contributed by atoms with Crippen LogP contribution in [0.15, 0.2) is 41.2 Å². The Bertz CT molecular complexity index is 1440. The van der Waals surface area contributed by atoms with E-state index in [4.69, 9.17) is 14.2 Å². The maximum absolute atomic E-state index is 15.3. The van der Waals surface area contributed by atoms with Gasteiger partial charge < -0.3 is 13.8 Å². The highest BCUT2D eigenvalue weighted by Gasteiger charge is 2.35. The van der Waals surface area contributed by atoms with Crippen molar-refractivity contribution >= 4 is 17.0 Å². The molecule has 1 aromatic carbocycles. The number of carbonyl (C=O) groups is 1. The lowest BCUT2D eigenvalue weighted by Crippen LogP contribution is -2.26. The second-order valence-corrected chi connectivity index (χ2v) is 9.70. The van der Waals surface area contributed by atoms with E-state index in [0.717, 1.165) is 28.4 Å². The number of carbonyl (C=O) groups excluding carboxylic acids is 1. The van der Waals surface area contributed by atoms with Crippen LogP contribution in [0, 0.1) is 25.6 Å². The van der Waals surface area contributed by atoms with Crippen molar-refractivity contribution in [2.45, 2.75) is 58.9 Å². The first kappa shape index (κ1) is 25.0. The molecule has 0 atom stereocenters. The second-order valence-electron chi connectivity index (χ2n) is 9.70. The second kappa shape index (κ2) is 9.68. The molecule has 5 rings (SSSR count). The minimum atomic E-state index is -2.61. The molecule has 0 unspecified atom stereocenters. The van der Waals surface area contributed by atoms with E-state index in [2.05, 4.69) is 5.16 Å². The summed E-state index contributed by atoms with van der Waals surface area (Å²) in [7, 11) is 0. The van der Waals surface area contributed by atoms with Crippen molar-refractivity contribution in [3.8, 4) is 22.3 Å². The molecule has 0 aliphatic heterocycles. The van der Waals surface area contributed by atoms with E-state index in [0.29, 0.717) is 41.8 Å². The minimum Gasteiger partial charge on any atom is -0.462 e. The van der Waals surface area contributed by atoms with E-state index < -0.39 is 17.7 Å². The Kier molecular flexibility index (Phi) is 6.56. The normalized spacial score (nSPS) is 15.8. The molecule has 0 bridgehead atoms. The number of fused-ring (bicyclic) bond motifs is 1. The number of benzene rings is 1. The van der Waals surface area contributed by atoms with Gasteiger partial charge in [-0.25, -0.2) is 18.0 Å². The predicted molar refractivity (Wildman–Crippen MR) is 133 cm³/mol.